The molecule has 2 heterocycles. The topological polar surface area (TPSA) is 108 Å². The molecule has 9 nitrogen and oxygen atoms in total. The summed E-state index contributed by atoms with van der Waals surface area (Å²) in [6.07, 6.45) is 2.42. The third-order valence-electron chi connectivity index (χ3n) is 6.24. The molecule has 0 aliphatic carbocycles. The molecule has 2 aromatic heterocycles. The van der Waals surface area contributed by atoms with Crippen molar-refractivity contribution >= 4 is 30.2 Å². The Bertz CT molecular complexity index is 1620. The van der Waals surface area contributed by atoms with Crippen LogP contribution < -0.4 is 5.32 Å². The summed E-state index contributed by atoms with van der Waals surface area (Å²) in [5, 5.41) is 2.92. The second-order valence-corrected chi connectivity index (χ2v) is 11.1. The Morgan fingerprint density at radius 2 is 1.65 bits per heavy atom. The minimum Gasteiger partial charge on any atom is -0.427 e. The zero-order chi connectivity index (χ0) is 28.0. The van der Waals surface area contributed by atoms with Gasteiger partial charge in [0.05, 0.1) is 30.4 Å². The summed E-state index contributed by atoms with van der Waals surface area (Å²) in [7, 11) is -3.20. The molecule has 0 radical (unpaired) electrons. The van der Waals surface area contributed by atoms with Gasteiger partial charge in [-0.2, -0.15) is 4.98 Å². The third kappa shape index (κ3) is 6.39. The number of amides is 1. The van der Waals surface area contributed by atoms with Crippen molar-refractivity contribution in [2.75, 3.05) is 18.5 Å². The molecule has 0 aliphatic rings. The lowest BCUT2D eigenvalue weighted by Gasteiger charge is -2.17. The Hall–Kier alpha value is -4.04. The molecular formula is C30H31N4O5P. The molecule has 0 bridgehead atoms. The lowest BCUT2D eigenvalue weighted by atomic mass is 10.1. The SMILES string of the molecule is CCOP(=O)(Cc1ccc(NC(=O)CCc2oc(-n3cnc4ccccc43)nc2-c2ccccc2)cc1)OCC. The number of oxazole rings is 1. The Morgan fingerprint density at radius 1 is 0.950 bits per heavy atom. The van der Waals surface area contributed by atoms with Crippen LogP contribution in [0.1, 0.15) is 31.6 Å². The zero-order valence-electron chi connectivity index (χ0n) is 22.4. The Labute approximate surface area is 232 Å². The molecule has 5 rings (SSSR count). The predicted octanol–water partition coefficient (Wildman–Crippen LogP) is 7.02. The van der Waals surface area contributed by atoms with Gasteiger partial charge in [-0.3, -0.25) is 13.9 Å². The van der Waals surface area contributed by atoms with Crippen LogP contribution in [0.15, 0.2) is 89.6 Å². The normalized spacial score (nSPS) is 11.7. The first-order valence-electron chi connectivity index (χ1n) is 13.2. The van der Waals surface area contributed by atoms with E-state index in [1.165, 1.54) is 0 Å². The number of carbonyl (C=O) groups excluding carboxylic acids is 1. The molecule has 0 aliphatic heterocycles. The van der Waals surface area contributed by atoms with Gasteiger partial charge in [0, 0.05) is 24.1 Å². The number of nitrogens with zero attached hydrogens (tertiary/aromatic N) is 3. The number of hydrogen-bond donors (Lipinski definition) is 1. The van der Waals surface area contributed by atoms with Crippen LogP contribution in [0.5, 0.6) is 0 Å². The van der Waals surface area contributed by atoms with Crippen LogP contribution in [0.3, 0.4) is 0 Å². The van der Waals surface area contributed by atoms with Crippen molar-refractivity contribution in [3.8, 4) is 17.3 Å². The maximum absolute atomic E-state index is 12.9. The van der Waals surface area contributed by atoms with E-state index in [1.807, 2.05) is 71.3 Å². The van der Waals surface area contributed by atoms with E-state index < -0.39 is 7.60 Å². The fourth-order valence-electron chi connectivity index (χ4n) is 4.43. The first-order valence-corrected chi connectivity index (χ1v) is 15.0. The molecule has 40 heavy (non-hydrogen) atoms. The van der Waals surface area contributed by atoms with E-state index in [4.69, 9.17) is 18.4 Å². The summed E-state index contributed by atoms with van der Waals surface area (Å²) in [4.78, 5) is 22.1. The smallest absolute Gasteiger partial charge is 0.335 e. The standard InChI is InChI=1S/C30H31N4O5P/c1-3-37-40(36,38-4-2)20-22-14-16-24(17-15-22)32-28(35)19-18-27-29(23-10-6-5-7-11-23)33-30(39-27)34-21-31-25-12-8-9-13-26(25)34/h5-17,21H,3-4,18-20H2,1-2H3,(H,32,35). The zero-order valence-corrected chi connectivity index (χ0v) is 23.3. The fourth-order valence-corrected chi connectivity index (χ4v) is 6.14. The molecular weight excluding hydrogens is 527 g/mol. The van der Waals surface area contributed by atoms with E-state index in [9.17, 15) is 9.36 Å². The third-order valence-corrected chi connectivity index (χ3v) is 8.29. The molecule has 206 valence electrons. The van der Waals surface area contributed by atoms with E-state index >= 15 is 0 Å². The number of rotatable bonds is 12. The minimum absolute atomic E-state index is 0.160. The number of anilines is 1. The summed E-state index contributed by atoms with van der Waals surface area (Å²) in [6.45, 7) is 4.19. The summed E-state index contributed by atoms with van der Waals surface area (Å²) >= 11 is 0. The first-order chi connectivity index (χ1) is 19.5. The van der Waals surface area contributed by atoms with Gasteiger partial charge in [-0.1, -0.05) is 54.6 Å². The van der Waals surface area contributed by atoms with Crippen LogP contribution in [-0.4, -0.2) is 33.7 Å². The van der Waals surface area contributed by atoms with Crippen LogP contribution in [0.4, 0.5) is 5.69 Å². The summed E-state index contributed by atoms with van der Waals surface area (Å²) in [6, 6.07) is 25.1. The van der Waals surface area contributed by atoms with Crippen molar-refractivity contribution in [2.45, 2.75) is 32.9 Å². The van der Waals surface area contributed by atoms with Gasteiger partial charge in [-0.25, -0.2) is 4.98 Å². The number of nitrogens with one attached hydrogen (secondary N) is 1. The molecule has 1 N–H and O–H groups in total. The number of hydrogen-bond acceptors (Lipinski definition) is 7. The number of para-hydroxylation sites is 2. The second kappa shape index (κ2) is 12.4. The number of benzene rings is 3. The van der Waals surface area contributed by atoms with Gasteiger partial charge in [-0.15, -0.1) is 0 Å². The van der Waals surface area contributed by atoms with Crippen LogP contribution >= 0.6 is 7.60 Å². The largest absolute Gasteiger partial charge is 0.427 e. The molecule has 0 spiro atoms. The molecule has 5 aromatic rings. The molecule has 1 amide bonds. The fraction of sp³-hybridized carbons (Fsp3) is 0.233. The van der Waals surface area contributed by atoms with Crippen LogP contribution in [-0.2, 0) is 31.0 Å². The molecule has 0 unspecified atom stereocenters. The van der Waals surface area contributed by atoms with Gasteiger partial charge in [0.15, 0.2) is 0 Å². The van der Waals surface area contributed by atoms with E-state index in [0.717, 1.165) is 22.2 Å². The second-order valence-electron chi connectivity index (χ2n) is 9.09. The highest BCUT2D eigenvalue weighted by molar-refractivity contribution is 7.53. The molecule has 0 saturated heterocycles. The first kappa shape index (κ1) is 27.5. The summed E-state index contributed by atoms with van der Waals surface area (Å²) in [5.74, 6) is 0.458. The summed E-state index contributed by atoms with van der Waals surface area (Å²) < 4.78 is 31.6. The lowest BCUT2D eigenvalue weighted by Crippen LogP contribution is -2.12. The molecule has 0 saturated carbocycles. The van der Waals surface area contributed by atoms with Crippen LogP contribution in [0.2, 0.25) is 0 Å². The number of aryl methyl sites for hydroxylation is 1. The van der Waals surface area contributed by atoms with Crippen molar-refractivity contribution in [3.05, 3.63) is 96.5 Å². The molecule has 10 heteroatoms. The Kier molecular flexibility index (Phi) is 8.55. The molecule has 3 aromatic carbocycles. The van der Waals surface area contributed by atoms with Crippen molar-refractivity contribution in [1.29, 1.82) is 0 Å². The Balaban J connectivity index is 1.29. The summed E-state index contributed by atoms with van der Waals surface area (Å²) in [5.41, 5.74) is 4.77. The van der Waals surface area contributed by atoms with E-state index in [2.05, 4.69) is 10.3 Å². The average Bonchev–Trinajstić information content (AvgIpc) is 3.58. The van der Waals surface area contributed by atoms with Crippen molar-refractivity contribution in [1.82, 2.24) is 14.5 Å². The molecule has 0 fully saturated rings. The highest BCUT2D eigenvalue weighted by Crippen LogP contribution is 2.51. The number of fused-ring (bicyclic) bond motifs is 1. The van der Waals surface area contributed by atoms with Gasteiger partial charge < -0.3 is 18.8 Å². The minimum atomic E-state index is -3.20. The van der Waals surface area contributed by atoms with Gasteiger partial charge in [0.25, 0.3) is 0 Å². The monoisotopic (exact) mass is 558 g/mol. The van der Waals surface area contributed by atoms with Gasteiger partial charge in [0.2, 0.25) is 5.91 Å². The van der Waals surface area contributed by atoms with Gasteiger partial charge in [0.1, 0.15) is 17.8 Å². The van der Waals surface area contributed by atoms with Gasteiger partial charge >= 0.3 is 13.6 Å². The maximum Gasteiger partial charge on any atom is 0.335 e. The highest BCUT2D eigenvalue weighted by Gasteiger charge is 2.24. The quantitative estimate of drug-likeness (QED) is 0.164. The van der Waals surface area contributed by atoms with E-state index in [0.29, 0.717) is 42.8 Å². The highest BCUT2D eigenvalue weighted by atomic mass is 31.2. The van der Waals surface area contributed by atoms with Crippen molar-refractivity contribution in [3.63, 3.8) is 0 Å². The average molecular weight is 559 g/mol. The van der Waals surface area contributed by atoms with Crippen LogP contribution in [0.25, 0.3) is 28.3 Å². The number of carbonyl (C=O) groups is 1. The van der Waals surface area contributed by atoms with Crippen molar-refractivity contribution in [2.24, 2.45) is 0 Å². The number of imidazole rings is 1. The maximum atomic E-state index is 12.9. The van der Waals surface area contributed by atoms with Crippen LogP contribution in [0, 0.1) is 0 Å². The lowest BCUT2D eigenvalue weighted by molar-refractivity contribution is -0.116. The Morgan fingerprint density at radius 3 is 2.38 bits per heavy atom. The van der Waals surface area contributed by atoms with Gasteiger partial charge in [-0.05, 0) is 43.7 Å². The molecule has 0 atom stereocenters. The predicted molar refractivity (Wildman–Crippen MR) is 155 cm³/mol. The van der Waals surface area contributed by atoms with E-state index in [1.54, 1.807) is 32.3 Å². The number of aromatic nitrogens is 3. The van der Waals surface area contributed by atoms with Crippen molar-refractivity contribution < 1.29 is 22.8 Å². The van der Waals surface area contributed by atoms with E-state index in [-0.39, 0.29) is 18.5 Å².